The Labute approximate surface area is 116 Å². The van der Waals surface area contributed by atoms with E-state index in [0.717, 1.165) is 30.1 Å². The van der Waals surface area contributed by atoms with E-state index in [1.807, 2.05) is 39.1 Å². The van der Waals surface area contributed by atoms with Crippen LogP contribution in [-0.2, 0) is 4.74 Å². The van der Waals surface area contributed by atoms with Crippen LogP contribution < -0.4 is 15.4 Å². The van der Waals surface area contributed by atoms with Crippen LogP contribution in [0.15, 0.2) is 18.2 Å². The average molecular weight is 266 g/mol. The fourth-order valence-corrected chi connectivity index (χ4v) is 1.68. The molecule has 19 heavy (non-hydrogen) atoms. The number of hydrogen-bond acceptors (Lipinski definition) is 4. The zero-order valence-electron chi connectivity index (χ0n) is 12.5. The van der Waals surface area contributed by atoms with Crippen molar-refractivity contribution in [2.45, 2.75) is 33.3 Å². The zero-order chi connectivity index (χ0) is 14.3. The van der Waals surface area contributed by atoms with E-state index in [9.17, 15) is 0 Å². The summed E-state index contributed by atoms with van der Waals surface area (Å²) in [6.07, 6.45) is 1.25. The third-order valence-corrected chi connectivity index (χ3v) is 2.71. The van der Waals surface area contributed by atoms with E-state index < -0.39 is 0 Å². The van der Waals surface area contributed by atoms with Gasteiger partial charge in [-0.05, 0) is 26.3 Å². The van der Waals surface area contributed by atoms with Crippen molar-refractivity contribution < 1.29 is 9.47 Å². The Morgan fingerprint density at radius 3 is 2.58 bits per heavy atom. The minimum absolute atomic E-state index is 0.262. The van der Waals surface area contributed by atoms with Crippen molar-refractivity contribution in [3.05, 3.63) is 18.2 Å². The SMILES string of the molecule is CCCOc1cc(N)cc(N(C)CCOC(C)C)c1. The molecule has 0 saturated carbocycles. The summed E-state index contributed by atoms with van der Waals surface area (Å²) >= 11 is 0. The van der Waals surface area contributed by atoms with Gasteiger partial charge in [0.15, 0.2) is 0 Å². The molecule has 4 heteroatoms. The highest BCUT2D eigenvalue weighted by atomic mass is 16.5. The molecule has 0 fully saturated rings. The van der Waals surface area contributed by atoms with Gasteiger partial charge in [-0.15, -0.1) is 0 Å². The molecule has 0 radical (unpaired) electrons. The van der Waals surface area contributed by atoms with Crippen LogP contribution in [0, 0.1) is 0 Å². The van der Waals surface area contributed by atoms with E-state index in [1.165, 1.54) is 0 Å². The van der Waals surface area contributed by atoms with Crippen LogP contribution >= 0.6 is 0 Å². The number of hydrogen-bond donors (Lipinski definition) is 1. The Morgan fingerprint density at radius 2 is 1.95 bits per heavy atom. The Balaban J connectivity index is 2.62. The maximum atomic E-state index is 5.91. The molecule has 0 unspecified atom stereocenters. The molecule has 4 nitrogen and oxygen atoms in total. The Morgan fingerprint density at radius 1 is 1.21 bits per heavy atom. The van der Waals surface area contributed by atoms with E-state index >= 15 is 0 Å². The van der Waals surface area contributed by atoms with E-state index in [4.69, 9.17) is 15.2 Å². The van der Waals surface area contributed by atoms with Gasteiger partial charge in [-0.3, -0.25) is 0 Å². The van der Waals surface area contributed by atoms with Crippen molar-refractivity contribution in [3.8, 4) is 5.75 Å². The standard InChI is InChI=1S/C15H26N2O2/c1-5-7-19-15-10-13(16)9-14(11-15)17(4)6-8-18-12(2)3/h9-12H,5-8,16H2,1-4H3. The number of rotatable bonds is 8. The van der Waals surface area contributed by atoms with Crippen LogP contribution in [0.3, 0.4) is 0 Å². The van der Waals surface area contributed by atoms with E-state index in [2.05, 4.69) is 11.8 Å². The second kappa shape index (κ2) is 7.89. The lowest BCUT2D eigenvalue weighted by molar-refractivity contribution is 0.0846. The molecule has 0 aliphatic carbocycles. The molecule has 2 N–H and O–H groups in total. The number of ether oxygens (including phenoxy) is 2. The number of nitrogen functional groups attached to an aromatic ring is 1. The number of benzene rings is 1. The number of nitrogens with zero attached hydrogens (tertiary/aromatic N) is 1. The van der Waals surface area contributed by atoms with Gasteiger partial charge in [0.2, 0.25) is 0 Å². The van der Waals surface area contributed by atoms with Crippen molar-refractivity contribution >= 4 is 11.4 Å². The third-order valence-electron chi connectivity index (χ3n) is 2.71. The van der Waals surface area contributed by atoms with Crippen molar-refractivity contribution in [1.82, 2.24) is 0 Å². The van der Waals surface area contributed by atoms with Crippen LogP contribution in [0.2, 0.25) is 0 Å². The predicted octanol–water partition coefficient (Wildman–Crippen LogP) is 2.92. The Hall–Kier alpha value is -1.42. The van der Waals surface area contributed by atoms with Crippen LogP contribution in [0.25, 0.3) is 0 Å². The smallest absolute Gasteiger partial charge is 0.123 e. The molecule has 0 atom stereocenters. The molecule has 0 saturated heterocycles. The van der Waals surface area contributed by atoms with Crippen LogP contribution in [0.4, 0.5) is 11.4 Å². The second-order valence-corrected chi connectivity index (χ2v) is 4.95. The van der Waals surface area contributed by atoms with Gasteiger partial charge in [0.25, 0.3) is 0 Å². The lowest BCUT2D eigenvalue weighted by Gasteiger charge is -2.21. The lowest BCUT2D eigenvalue weighted by atomic mass is 10.2. The van der Waals surface area contributed by atoms with E-state index in [1.54, 1.807) is 0 Å². The van der Waals surface area contributed by atoms with Crippen molar-refractivity contribution in [1.29, 1.82) is 0 Å². The molecule has 1 rings (SSSR count). The van der Waals surface area contributed by atoms with Gasteiger partial charge in [0.1, 0.15) is 5.75 Å². The van der Waals surface area contributed by atoms with Crippen molar-refractivity contribution in [2.24, 2.45) is 0 Å². The summed E-state index contributed by atoms with van der Waals surface area (Å²) in [5, 5.41) is 0. The third kappa shape index (κ3) is 5.83. The van der Waals surface area contributed by atoms with Gasteiger partial charge in [-0.25, -0.2) is 0 Å². The van der Waals surface area contributed by atoms with Gasteiger partial charge in [0, 0.05) is 37.1 Å². The van der Waals surface area contributed by atoms with E-state index in [-0.39, 0.29) is 6.10 Å². The van der Waals surface area contributed by atoms with Gasteiger partial charge < -0.3 is 20.1 Å². The highest BCUT2D eigenvalue weighted by Gasteiger charge is 2.05. The first kappa shape index (κ1) is 15.6. The summed E-state index contributed by atoms with van der Waals surface area (Å²) in [5.41, 5.74) is 7.68. The monoisotopic (exact) mass is 266 g/mol. The fraction of sp³-hybridized carbons (Fsp3) is 0.600. The molecule has 0 aromatic heterocycles. The van der Waals surface area contributed by atoms with Gasteiger partial charge in [-0.1, -0.05) is 6.92 Å². The Kier molecular flexibility index (Phi) is 6.50. The summed E-state index contributed by atoms with van der Waals surface area (Å²) in [4.78, 5) is 2.12. The minimum Gasteiger partial charge on any atom is -0.493 e. The molecule has 1 aromatic rings. The zero-order valence-corrected chi connectivity index (χ0v) is 12.5. The van der Waals surface area contributed by atoms with Gasteiger partial charge >= 0.3 is 0 Å². The summed E-state index contributed by atoms with van der Waals surface area (Å²) in [7, 11) is 2.03. The molecule has 1 aromatic carbocycles. The first-order valence-electron chi connectivity index (χ1n) is 6.89. The largest absolute Gasteiger partial charge is 0.493 e. The molecule has 0 aliphatic heterocycles. The topological polar surface area (TPSA) is 47.7 Å². The fourth-order valence-electron chi connectivity index (χ4n) is 1.68. The van der Waals surface area contributed by atoms with Crippen molar-refractivity contribution in [3.63, 3.8) is 0 Å². The molecular weight excluding hydrogens is 240 g/mol. The van der Waals surface area contributed by atoms with Crippen LogP contribution in [0.1, 0.15) is 27.2 Å². The molecule has 108 valence electrons. The first-order valence-corrected chi connectivity index (χ1v) is 6.89. The van der Waals surface area contributed by atoms with Gasteiger partial charge in [-0.2, -0.15) is 0 Å². The maximum absolute atomic E-state index is 5.91. The highest BCUT2D eigenvalue weighted by molar-refractivity contribution is 5.60. The summed E-state index contributed by atoms with van der Waals surface area (Å²) in [6.45, 7) is 8.41. The van der Waals surface area contributed by atoms with Crippen LogP contribution in [0.5, 0.6) is 5.75 Å². The average Bonchev–Trinajstić information content (AvgIpc) is 2.35. The lowest BCUT2D eigenvalue weighted by Crippen LogP contribution is -2.24. The molecule has 0 spiro atoms. The molecule has 0 amide bonds. The quantitative estimate of drug-likeness (QED) is 0.735. The number of anilines is 2. The summed E-state index contributed by atoms with van der Waals surface area (Å²) in [5.74, 6) is 0.827. The number of likely N-dealkylation sites (N-methyl/N-ethyl adjacent to an activating group) is 1. The molecule has 0 heterocycles. The predicted molar refractivity (Wildman–Crippen MR) is 81.0 cm³/mol. The summed E-state index contributed by atoms with van der Waals surface area (Å²) < 4.78 is 11.2. The highest BCUT2D eigenvalue weighted by Crippen LogP contribution is 2.25. The maximum Gasteiger partial charge on any atom is 0.123 e. The number of nitrogens with two attached hydrogens (primary N) is 1. The van der Waals surface area contributed by atoms with Crippen molar-refractivity contribution in [2.75, 3.05) is 37.4 Å². The first-order chi connectivity index (χ1) is 9.02. The molecule has 0 bridgehead atoms. The normalized spacial score (nSPS) is 10.8. The minimum atomic E-state index is 0.262. The molecular formula is C15H26N2O2. The van der Waals surface area contributed by atoms with E-state index in [0.29, 0.717) is 13.2 Å². The Bertz CT molecular complexity index is 380. The van der Waals surface area contributed by atoms with Crippen LogP contribution in [-0.4, -0.2) is 32.9 Å². The van der Waals surface area contributed by atoms with Gasteiger partial charge in [0.05, 0.1) is 19.3 Å². The second-order valence-electron chi connectivity index (χ2n) is 4.95. The molecule has 0 aliphatic rings. The summed E-state index contributed by atoms with van der Waals surface area (Å²) in [6, 6.07) is 5.83.